The molecule has 3 atom stereocenters. The molecule has 0 aliphatic rings. The largest absolute Gasteiger partial charge is 0.480 e. The predicted molar refractivity (Wildman–Crippen MR) is 99.9 cm³/mol. The van der Waals surface area contributed by atoms with Crippen molar-refractivity contribution in [2.45, 2.75) is 51.7 Å². The van der Waals surface area contributed by atoms with Crippen LogP contribution in [-0.4, -0.2) is 63.4 Å². The van der Waals surface area contributed by atoms with Crippen LogP contribution in [0.15, 0.2) is 12.5 Å². The highest BCUT2D eigenvalue weighted by Gasteiger charge is 2.25. The number of carboxylic acid groups (broad SMARTS) is 1. The summed E-state index contributed by atoms with van der Waals surface area (Å²) < 4.78 is 0. The first-order valence-electron chi connectivity index (χ1n) is 8.93. The zero-order chi connectivity index (χ0) is 21.3. The molecule has 0 radical (unpaired) electrons. The summed E-state index contributed by atoms with van der Waals surface area (Å²) >= 11 is 0. The molecule has 0 bridgehead atoms. The van der Waals surface area contributed by atoms with Crippen LogP contribution in [0.1, 0.15) is 32.9 Å². The number of carbonyl (C=O) groups excluding carboxylic acids is 3. The van der Waals surface area contributed by atoms with Gasteiger partial charge in [0.25, 0.3) is 0 Å². The van der Waals surface area contributed by atoms with Crippen LogP contribution in [0, 0.1) is 5.92 Å². The topological polar surface area (TPSA) is 179 Å². The Balaban J connectivity index is 2.60. The summed E-state index contributed by atoms with van der Waals surface area (Å²) in [4.78, 5) is 54.0. The van der Waals surface area contributed by atoms with Crippen LogP contribution in [0.4, 0.5) is 0 Å². The molecule has 3 unspecified atom stereocenters. The Bertz CT molecular complexity index is 674. The molecule has 156 valence electrons. The van der Waals surface area contributed by atoms with Gasteiger partial charge < -0.3 is 31.8 Å². The summed E-state index contributed by atoms with van der Waals surface area (Å²) in [6.45, 7) is 4.85. The number of amides is 3. The highest BCUT2D eigenvalue weighted by Crippen LogP contribution is 2.05. The van der Waals surface area contributed by atoms with E-state index < -0.39 is 48.4 Å². The monoisotopic (exact) mass is 396 g/mol. The number of aromatic amines is 1. The van der Waals surface area contributed by atoms with Crippen molar-refractivity contribution in [1.29, 1.82) is 0 Å². The molecule has 1 aromatic rings. The van der Waals surface area contributed by atoms with E-state index in [9.17, 15) is 24.3 Å². The fraction of sp³-hybridized carbons (Fsp3) is 0.588. The normalized spacial score (nSPS) is 14.0. The highest BCUT2D eigenvalue weighted by atomic mass is 16.4. The van der Waals surface area contributed by atoms with Crippen molar-refractivity contribution in [3.8, 4) is 0 Å². The third kappa shape index (κ3) is 8.16. The van der Waals surface area contributed by atoms with E-state index in [1.54, 1.807) is 0 Å². The number of nitrogens with one attached hydrogen (secondary N) is 4. The number of hydrogen-bond acceptors (Lipinski definition) is 6. The molecule has 7 N–H and O–H groups in total. The van der Waals surface area contributed by atoms with Crippen LogP contribution in [0.2, 0.25) is 0 Å². The molecule has 1 aromatic heterocycles. The van der Waals surface area contributed by atoms with Crippen molar-refractivity contribution in [1.82, 2.24) is 25.9 Å². The summed E-state index contributed by atoms with van der Waals surface area (Å²) in [6.07, 6.45) is 3.25. The first kappa shape index (κ1) is 23.1. The van der Waals surface area contributed by atoms with Crippen molar-refractivity contribution in [3.63, 3.8) is 0 Å². The van der Waals surface area contributed by atoms with Gasteiger partial charge >= 0.3 is 5.97 Å². The van der Waals surface area contributed by atoms with Gasteiger partial charge in [-0.1, -0.05) is 13.8 Å². The molecule has 0 aliphatic heterocycles. The van der Waals surface area contributed by atoms with Gasteiger partial charge in [-0.25, -0.2) is 9.78 Å². The molecule has 0 saturated heterocycles. The van der Waals surface area contributed by atoms with Crippen LogP contribution in [-0.2, 0) is 25.6 Å². The predicted octanol–water partition coefficient (Wildman–Crippen LogP) is -1.48. The number of hydrogen-bond donors (Lipinski definition) is 6. The van der Waals surface area contributed by atoms with Gasteiger partial charge in [0.15, 0.2) is 0 Å². The van der Waals surface area contributed by atoms with Crippen molar-refractivity contribution in [3.05, 3.63) is 18.2 Å². The molecule has 0 fully saturated rings. The second-order valence-electron chi connectivity index (χ2n) is 6.94. The molecular weight excluding hydrogens is 368 g/mol. The van der Waals surface area contributed by atoms with E-state index >= 15 is 0 Å². The molecule has 1 heterocycles. The van der Waals surface area contributed by atoms with E-state index in [0.29, 0.717) is 12.1 Å². The standard InChI is InChI=1S/C17H28N6O5/c1-9(2)4-12(23-15(25)10(3)18)16(26)20-7-14(24)22-13(17(27)28)5-11-6-19-8-21-11/h6,8-10,12-13H,4-5,7,18H2,1-3H3,(H,19,21)(H,20,26)(H,22,24)(H,23,25)(H,27,28). The van der Waals surface area contributed by atoms with Crippen molar-refractivity contribution in [2.24, 2.45) is 11.7 Å². The van der Waals surface area contributed by atoms with Gasteiger partial charge in [0, 0.05) is 18.3 Å². The third-order valence-electron chi connectivity index (χ3n) is 3.79. The average molecular weight is 396 g/mol. The molecule has 1 rings (SSSR count). The summed E-state index contributed by atoms with van der Waals surface area (Å²) in [7, 11) is 0. The summed E-state index contributed by atoms with van der Waals surface area (Å²) in [5.41, 5.74) is 6.05. The Morgan fingerprint density at radius 3 is 2.32 bits per heavy atom. The first-order valence-corrected chi connectivity index (χ1v) is 8.93. The van der Waals surface area contributed by atoms with Gasteiger partial charge in [0.05, 0.1) is 18.9 Å². The molecule has 11 nitrogen and oxygen atoms in total. The van der Waals surface area contributed by atoms with Crippen LogP contribution >= 0.6 is 0 Å². The molecule has 28 heavy (non-hydrogen) atoms. The minimum Gasteiger partial charge on any atom is -0.480 e. The van der Waals surface area contributed by atoms with Crippen LogP contribution in [0.25, 0.3) is 0 Å². The average Bonchev–Trinajstić information content (AvgIpc) is 3.10. The fourth-order valence-electron chi connectivity index (χ4n) is 2.36. The van der Waals surface area contributed by atoms with Crippen molar-refractivity contribution >= 4 is 23.7 Å². The van der Waals surface area contributed by atoms with E-state index in [1.165, 1.54) is 19.4 Å². The second kappa shape index (κ2) is 11.0. The lowest BCUT2D eigenvalue weighted by molar-refractivity contribution is -0.141. The smallest absolute Gasteiger partial charge is 0.326 e. The molecule has 0 aliphatic carbocycles. The maximum absolute atomic E-state index is 12.3. The van der Waals surface area contributed by atoms with Gasteiger partial charge in [-0.3, -0.25) is 14.4 Å². The SMILES string of the molecule is CC(C)CC(NC(=O)C(C)N)C(=O)NCC(=O)NC(Cc1cnc[nH]1)C(=O)O. The molecule has 0 aromatic carbocycles. The lowest BCUT2D eigenvalue weighted by atomic mass is 10.0. The van der Waals surface area contributed by atoms with Crippen LogP contribution < -0.4 is 21.7 Å². The maximum Gasteiger partial charge on any atom is 0.326 e. The summed E-state index contributed by atoms with van der Waals surface area (Å²) in [5, 5.41) is 16.5. The zero-order valence-corrected chi connectivity index (χ0v) is 16.2. The van der Waals surface area contributed by atoms with E-state index in [-0.39, 0.29) is 12.3 Å². The quantitative estimate of drug-likeness (QED) is 0.264. The molecular formula is C17H28N6O5. The number of rotatable bonds is 11. The molecule has 0 spiro atoms. The number of imidazole rings is 1. The summed E-state index contributed by atoms with van der Waals surface area (Å²) in [6, 6.07) is -2.79. The van der Waals surface area contributed by atoms with E-state index in [4.69, 9.17) is 5.73 Å². The van der Waals surface area contributed by atoms with Gasteiger partial charge in [-0.2, -0.15) is 0 Å². The van der Waals surface area contributed by atoms with Gasteiger partial charge in [0.2, 0.25) is 17.7 Å². The van der Waals surface area contributed by atoms with Crippen LogP contribution in [0.5, 0.6) is 0 Å². The minimum atomic E-state index is -1.21. The maximum atomic E-state index is 12.3. The Labute approximate surface area is 162 Å². The number of aliphatic carboxylic acids is 1. The molecule has 0 saturated carbocycles. The first-order chi connectivity index (χ1) is 13.1. The van der Waals surface area contributed by atoms with Gasteiger partial charge in [-0.05, 0) is 19.3 Å². The summed E-state index contributed by atoms with van der Waals surface area (Å²) in [5.74, 6) is -2.78. The minimum absolute atomic E-state index is 0.0233. The van der Waals surface area contributed by atoms with Gasteiger partial charge in [0.1, 0.15) is 12.1 Å². The number of nitrogens with two attached hydrogens (primary N) is 1. The number of carboxylic acids is 1. The van der Waals surface area contributed by atoms with Gasteiger partial charge in [-0.15, -0.1) is 0 Å². The van der Waals surface area contributed by atoms with Crippen molar-refractivity contribution < 1.29 is 24.3 Å². The molecule has 11 heteroatoms. The number of aromatic nitrogens is 2. The zero-order valence-electron chi connectivity index (χ0n) is 16.2. The van der Waals surface area contributed by atoms with E-state index in [0.717, 1.165) is 0 Å². The Morgan fingerprint density at radius 2 is 1.82 bits per heavy atom. The number of nitrogens with zero attached hydrogens (tertiary/aromatic N) is 1. The Kier molecular flexibility index (Phi) is 9.09. The number of carbonyl (C=O) groups is 4. The highest BCUT2D eigenvalue weighted by molar-refractivity contribution is 5.92. The number of H-pyrrole nitrogens is 1. The molecule has 3 amide bonds. The Morgan fingerprint density at radius 1 is 1.14 bits per heavy atom. The van der Waals surface area contributed by atoms with Crippen molar-refractivity contribution in [2.75, 3.05) is 6.54 Å². The van der Waals surface area contributed by atoms with Crippen LogP contribution in [0.3, 0.4) is 0 Å². The Hall–Kier alpha value is -2.95. The lowest BCUT2D eigenvalue weighted by Gasteiger charge is -2.21. The fourth-order valence-corrected chi connectivity index (χ4v) is 2.36. The third-order valence-corrected chi connectivity index (χ3v) is 3.79. The lowest BCUT2D eigenvalue weighted by Crippen LogP contribution is -2.53. The van der Waals surface area contributed by atoms with E-state index in [2.05, 4.69) is 25.9 Å². The van der Waals surface area contributed by atoms with E-state index in [1.807, 2.05) is 13.8 Å². The second-order valence-corrected chi connectivity index (χ2v) is 6.94.